The molecule has 0 saturated carbocycles. The second-order valence-electron chi connectivity index (χ2n) is 5.50. The van der Waals surface area contributed by atoms with Crippen molar-refractivity contribution in [3.63, 3.8) is 0 Å². The first-order valence-electron chi connectivity index (χ1n) is 6.22. The summed E-state index contributed by atoms with van der Waals surface area (Å²) in [6, 6.07) is 8.54. The van der Waals surface area contributed by atoms with Crippen molar-refractivity contribution in [2.75, 3.05) is 11.9 Å². The van der Waals surface area contributed by atoms with Gasteiger partial charge in [0.15, 0.2) is 0 Å². The van der Waals surface area contributed by atoms with Crippen LogP contribution in [0.25, 0.3) is 0 Å². The molecule has 0 saturated heterocycles. The Labute approximate surface area is 108 Å². The van der Waals surface area contributed by atoms with Crippen LogP contribution in [0.3, 0.4) is 0 Å². The van der Waals surface area contributed by atoms with Gasteiger partial charge in [0.1, 0.15) is 0 Å². The minimum absolute atomic E-state index is 0.146. The van der Waals surface area contributed by atoms with Gasteiger partial charge in [-0.2, -0.15) is 0 Å². The third kappa shape index (κ3) is 3.23. The van der Waals surface area contributed by atoms with Gasteiger partial charge >= 0.3 is 0 Å². The lowest BCUT2D eigenvalue weighted by molar-refractivity contribution is -0.0382. The van der Waals surface area contributed by atoms with Gasteiger partial charge in [0.2, 0.25) is 6.29 Å². The predicted octanol–water partition coefficient (Wildman–Crippen LogP) is 2.49. The van der Waals surface area contributed by atoms with Gasteiger partial charge in [-0.05, 0) is 23.1 Å². The molecule has 4 nitrogen and oxygen atoms in total. The first-order valence-corrected chi connectivity index (χ1v) is 6.22. The number of nitrogens with zero attached hydrogens (tertiary/aromatic N) is 1. The van der Waals surface area contributed by atoms with E-state index in [1.165, 1.54) is 5.56 Å². The first kappa shape index (κ1) is 12.9. The van der Waals surface area contributed by atoms with Crippen LogP contribution in [0.4, 0.5) is 5.69 Å². The van der Waals surface area contributed by atoms with E-state index < -0.39 is 6.29 Å². The quantitative estimate of drug-likeness (QED) is 0.803. The van der Waals surface area contributed by atoms with Crippen molar-refractivity contribution < 1.29 is 9.84 Å². The van der Waals surface area contributed by atoms with Crippen LogP contribution < -0.4 is 5.32 Å². The van der Waals surface area contributed by atoms with Crippen molar-refractivity contribution in [1.29, 1.82) is 0 Å². The number of anilines is 1. The number of amidine groups is 1. The van der Waals surface area contributed by atoms with E-state index in [4.69, 9.17) is 4.74 Å². The highest BCUT2D eigenvalue weighted by Gasteiger charge is 2.16. The first-order chi connectivity index (χ1) is 8.45. The van der Waals surface area contributed by atoms with Gasteiger partial charge in [-0.3, -0.25) is 0 Å². The molecule has 1 heterocycles. The molecule has 98 valence electrons. The highest BCUT2D eigenvalue weighted by molar-refractivity contribution is 5.89. The van der Waals surface area contributed by atoms with Gasteiger partial charge in [-0.15, -0.1) is 0 Å². The number of ether oxygens (including phenoxy) is 1. The lowest BCUT2D eigenvalue weighted by Crippen LogP contribution is -2.28. The van der Waals surface area contributed by atoms with Gasteiger partial charge in [0.05, 0.1) is 6.54 Å². The van der Waals surface area contributed by atoms with Crippen LogP contribution in [0, 0.1) is 0 Å². The number of aliphatic imine (C=N–C) groups is 1. The highest BCUT2D eigenvalue weighted by atomic mass is 16.6. The maximum absolute atomic E-state index is 9.37. The molecule has 1 unspecified atom stereocenters. The fourth-order valence-electron chi connectivity index (χ4n) is 1.75. The SMILES string of the molecule is CC(C)(C)c1ccc(NC2=NCCC(O)O2)cc1. The maximum Gasteiger partial charge on any atom is 0.291 e. The summed E-state index contributed by atoms with van der Waals surface area (Å²) in [6.45, 7) is 7.13. The average molecular weight is 248 g/mol. The molecule has 0 bridgehead atoms. The van der Waals surface area contributed by atoms with E-state index in [9.17, 15) is 5.11 Å². The molecular weight excluding hydrogens is 228 g/mol. The summed E-state index contributed by atoms with van der Waals surface area (Å²) in [7, 11) is 0. The molecule has 2 N–H and O–H groups in total. The van der Waals surface area contributed by atoms with Crippen molar-refractivity contribution in [3.8, 4) is 0 Å². The predicted molar refractivity (Wildman–Crippen MR) is 72.8 cm³/mol. The van der Waals surface area contributed by atoms with Crippen LogP contribution >= 0.6 is 0 Å². The third-order valence-electron chi connectivity index (χ3n) is 2.88. The third-order valence-corrected chi connectivity index (χ3v) is 2.88. The molecule has 1 aromatic rings. The fraction of sp³-hybridized carbons (Fsp3) is 0.500. The van der Waals surface area contributed by atoms with E-state index in [-0.39, 0.29) is 5.41 Å². The minimum Gasteiger partial charge on any atom is -0.435 e. The van der Waals surface area contributed by atoms with E-state index in [1.54, 1.807) is 0 Å². The van der Waals surface area contributed by atoms with Crippen molar-refractivity contribution in [2.45, 2.75) is 38.9 Å². The largest absolute Gasteiger partial charge is 0.435 e. The molecular formula is C14H20N2O2. The Bertz CT molecular complexity index is 432. The summed E-state index contributed by atoms with van der Waals surface area (Å²) in [4.78, 5) is 4.17. The number of rotatable bonds is 1. The van der Waals surface area contributed by atoms with Crippen LogP contribution in [0.1, 0.15) is 32.8 Å². The highest BCUT2D eigenvalue weighted by Crippen LogP contribution is 2.23. The molecule has 18 heavy (non-hydrogen) atoms. The van der Waals surface area contributed by atoms with Gasteiger partial charge in [-0.25, -0.2) is 4.99 Å². The average Bonchev–Trinajstić information content (AvgIpc) is 2.28. The second kappa shape index (κ2) is 4.98. The summed E-state index contributed by atoms with van der Waals surface area (Å²) in [5.41, 5.74) is 2.34. The smallest absolute Gasteiger partial charge is 0.291 e. The van der Waals surface area contributed by atoms with Crippen LogP contribution in [0.2, 0.25) is 0 Å². The molecule has 0 aliphatic carbocycles. The van der Waals surface area contributed by atoms with E-state index >= 15 is 0 Å². The lowest BCUT2D eigenvalue weighted by atomic mass is 9.87. The Morgan fingerprint density at radius 2 is 1.94 bits per heavy atom. The number of hydrogen-bond donors (Lipinski definition) is 2. The minimum atomic E-state index is -0.751. The molecule has 4 heteroatoms. The Morgan fingerprint density at radius 3 is 2.50 bits per heavy atom. The number of aliphatic hydroxyl groups is 1. The van der Waals surface area contributed by atoms with Gasteiger partial charge < -0.3 is 15.2 Å². The molecule has 0 radical (unpaired) electrons. The van der Waals surface area contributed by atoms with Gasteiger partial charge in [-0.1, -0.05) is 32.9 Å². The normalized spacial score (nSPS) is 20.0. The summed E-state index contributed by atoms with van der Waals surface area (Å²) in [5, 5.41) is 12.4. The zero-order valence-electron chi connectivity index (χ0n) is 11.1. The summed E-state index contributed by atoms with van der Waals surface area (Å²) < 4.78 is 5.18. The van der Waals surface area contributed by atoms with Crippen LogP contribution in [-0.4, -0.2) is 24.0 Å². The van der Waals surface area contributed by atoms with Crippen molar-refractivity contribution in [3.05, 3.63) is 29.8 Å². The van der Waals surface area contributed by atoms with Crippen LogP contribution in [-0.2, 0) is 10.2 Å². The number of benzene rings is 1. The molecule has 1 atom stereocenters. The van der Waals surface area contributed by atoms with Crippen LogP contribution in [0.5, 0.6) is 0 Å². The summed E-state index contributed by atoms with van der Waals surface area (Å²) in [6.07, 6.45) is -0.201. The van der Waals surface area contributed by atoms with Gasteiger partial charge in [0, 0.05) is 12.1 Å². The molecule has 1 aromatic carbocycles. The van der Waals surface area contributed by atoms with E-state index in [0.717, 1.165) is 5.69 Å². The van der Waals surface area contributed by atoms with E-state index in [2.05, 4.69) is 43.2 Å². The number of aliphatic hydroxyl groups excluding tert-OH is 1. The Morgan fingerprint density at radius 1 is 1.28 bits per heavy atom. The Balaban J connectivity index is 2.05. The van der Waals surface area contributed by atoms with Crippen molar-refractivity contribution >= 4 is 11.7 Å². The Hall–Kier alpha value is -1.55. The van der Waals surface area contributed by atoms with Gasteiger partial charge in [0.25, 0.3) is 6.02 Å². The lowest BCUT2D eigenvalue weighted by Gasteiger charge is -2.21. The molecule has 2 rings (SSSR count). The van der Waals surface area contributed by atoms with E-state index in [1.807, 2.05) is 12.1 Å². The molecule has 0 fully saturated rings. The fourth-order valence-corrected chi connectivity index (χ4v) is 1.75. The zero-order chi connectivity index (χ0) is 13.2. The topological polar surface area (TPSA) is 53.9 Å². The van der Waals surface area contributed by atoms with E-state index in [0.29, 0.717) is 19.0 Å². The Kier molecular flexibility index (Phi) is 3.57. The molecule has 1 aliphatic heterocycles. The zero-order valence-corrected chi connectivity index (χ0v) is 11.1. The van der Waals surface area contributed by atoms with Crippen LogP contribution in [0.15, 0.2) is 29.3 Å². The maximum atomic E-state index is 9.37. The molecule has 0 amide bonds. The summed E-state index contributed by atoms with van der Waals surface area (Å²) in [5.74, 6) is 0. The summed E-state index contributed by atoms with van der Waals surface area (Å²) >= 11 is 0. The van der Waals surface area contributed by atoms with Crippen molar-refractivity contribution in [2.24, 2.45) is 4.99 Å². The molecule has 1 aliphatic rings. The monoisotopic (exact) mass is 248 g/mol. The number of hydrogen-bond acceptors (Lipinski definition) is 4. The second-order valence-corrected chi connectivity index (χ2v) is 5.50. The number of nitrogens with one attached hydrogen (secondary N) is 1. The molecule has 0 aromatic heterocycles. The molecule has 0 spiro atoms. The standard InChI is InChI=1S/C14H20N2O2/c1-14(2,3)10-4-6-11(7-5-10)16-13-15-9-8-12(17)18-13/h4-7,12,17H,8-9H2,1-3H3,(H,15,16). The van der Waals surface area contributed by atoms with Crippen molar-refractivity contribution in [1.82, 2.24) is 0 Å².